The third kappa shape index (κ3) is 5.50. The first-order valence-corrected chi connectivity index (χ1v) is 10.7. The van der Waals surface area contributed by atoms with Crippen molar-refractivity contribution in [3.8, 4) is 11.5 Å². The van der Waals surface area contributed by atoms with Gasteiger partial charge >= 0.3 is 0 Å². The summed E-state index contributed by atoms with van der Waals surface area (Å²) < 4.78 is 34.1. The minimum absolute atomic E-state index is 0.0937. The van der Waals surface area contributed by atoms with Crippen LogP contribution < -0.4 is 19.9 Å². The molecule has 3 rings (SSSR count). The molecule has 30 heavy (non-hydrogen) atoms. The number of methoxy groups -OCH3 is 1. The van der Waals surface area contributed by atoms with E-state index in [1.807, 2.05) is 12.1 Å². The lowest BCUT2D eigenvalue weighted by Gasteiger charge is -2.13. The molecule has 3 aromatic carbocycles. The normalized spacial score (nSPS) is 11.0. The smallest absolute Gasteiger partial charge is 0.255 e. The fraction of sp³-hybridized carbons (Fsp3) is 0.0952. The third-order valence-corrected chi connectivity index (χ3v) is 5.32. The molecular formula is C21H19ClN2O5S. The van der Waals surface area contributed by atoms with Crippen LogP contribution in [0.25, 0.3) is 0 Å². The summed E-state index contributed by atoms with van der Waals surface area (Å²) in [7, 11) is -2.39. The third-order valence-electron chi connectivity index (χ3n) is 4.15. The van der Waals surface area contributed by atoms with Crippen molar-refractivity contribution in [1.82, 2.24) is 0 Å². The molecule has 1 amide bonds. The average molecular weight is 447 g/mol. The molecule has 9 heteroatoms. The molecule has 0 heterocycles. The summed E-state index contributed by atoms with van der Waals surface area (Å²) in [4.78, 5) is 12.5. The second-order valence-corrected chi connectivity index (χ2v) is 8.31. The van der Waals surface area contributed by atoms with E-state index in [2.05, 4.69) is 5.32 Å². The first-order chi connectivity index (χ1) is 14.3. The van der Waals surface area contributed by atoms with Crippen molar-refractivity contribution in [2.75, 3.05) is 12.4 Å². The van der Waals surface area contributed by atoms with Crippen LogP contribution in [0.2, 0.25) is 5.02 Å². The maximum atomic E-state index is 12.6. The maximum Gasteiger partial charge on any atom is 0.255 e. The van der Waals surface area contributed by atoms with Crippen LogP contribution in [0, 0.1) is 0 Å². The van der Waals surface area contributed by atoms with Crippen molar-refractivity contribution in [1.29, 1.82) is 0 Å². The lowest BCUT2D eigenvalue weighted by Crippen LogP contribution is -2.15. The topological polar surface area (TPSA) is 108 Å². The quantitative estimate of drug-likeness (QED) is 0.573. The first-order valence-electron chi connectivity index (χ1n) is 8.76. The Labute approximate surface area is 179 Å². The van der Waals surface area contributed by atoms with Gasteiger partial charge in [0.1, 0.15) is 6.61 Å². The molecule has 0 atom stereocenters. The van der Waals surface area contributed by atoms with Gasteiger partial charge in [-0.2, -0.15) is 0 Å². The van der Waals surface area contributed by atoms with Gasteiger partial charge in [0.15, 0.2) is 11.5 Å². The molecule has 0 saturated heterocycles. The molecule has 0 radical (unpaired) electrons. The van der Waals surface area contributed by atoms with E-state index in [9.17, 15) is 13.2 Å². The average Bonchev–Trinajstić information content (AvgIpc) is 2.72. The summed E-state index contributed by atoms with van der Waals surface area (Å²) in [6, 6.07) is 17.7. The van der Waals surface area contributed by atoms with E-state index in [-0.39, 0.29) is 4.90 Å². The van der Waals surface area contributed by atoms with Crippen molar-refractivity contribution in [2.45, 2.75) is 11.5 Å². The molecule has 0 unspecified atom stereocenters. The predicted molar refractivity (Wildman–Crippen MR) is 115 cm³/mol. The van der Waals surface area contributed by atoms with E-state index in [0.717, 1.165) is 5.56 Å². The molecule has 0 spiro atoms. The molecule has 3 aromatic rings. The number of nitrogens with two attached hydrogens (primary N) is 1. The van der Waals surface area contributed by atoms with Crippen molar-refractivity contribution < 1.29 is 22.7 Å². The van der Waals surface area contributed by atoms with Crippen LogP contribution in [0.3, 0.4) is 0 Å². The molecular weight excluding hydrogens is 428 g/mol. The Morgan fingerprint density at radius 2 is 1.77 bits per heavy atom. The van der Waals surface area contributed by atoms with Gasteiger partial charge in [0.25, 0.3) is 5.91 Å². The lowest BCUT2D eigenvalue weighted by atomic mass is 10.1. The number of carbonyl (C=O) groups excluding carboxylic acids is 1. The highest BCUT2D eigenvalue weighted by molar-refractivity contribution is 7.89. The fourth-order valence-electron chi connectivity index (χ4n) is 2.62. The highest BCUT2D eigenvalue weighted by Crippen LogP contribution is 2.29. The van der Waals surface area contributed by atoms with E-state index in [1.165, 1.54) is 31.4 Å². The maximum absolute atomic E-state index is 12.6. The molecule has 0 aliphatic carbocycles. The number of benzene rings is 3. The Morgan fingerprint density at radius 3 is 2.43 bits per heavy atom. The number of hydrogen-bond acceptors (Lipinski definition) is 5. The van der Waals surface area contributed by atoms with E-state index < -0.39 is 15.9 Å². The minimum Gasteiger partial charge on any atom is -0.493 e. The predicted octanol–water partition coefficient (Wildman–Crippen LogP) is 3.83. The number of rotatable bonds is 7. The molecule has 0 aliphatic rings. The van der Waals surface area contributed by atoms with Gasteiger partial charge in [-0.15, -0.1) is 0 Å². The number of sulfonamides is 1. The Bertz CT molecular complexity index is 1160. The molecule has 156 valence electrons. The van der Waals surface area contributed by atoms with Gasteiger partial charge in [-0.1, -0.05) is 29.8 Å². The molecule has 0 saturated carbocycles. The Hall–Kier alpha value is -3.07. The number of anilines is 1. The first kappa shape index (κ1) is 21.6. The fourth-order valence-corrected chi connectivity index (χ4v) is 3.31. The van der Waals surface area contributed by atoms with Gasteiger partial charge in [0.2, 0.25) is 10.0 Å². The van der Waals surface area contributed by atoms with Gasteiger partial charge in [-0.25, -0.2) is 13.6 Å². The van der Waals surface area contributed by atoms with Gasteiger partial charge in [-0.3, -0.25) is 4.79 Å². The van der Waals surface area contributed by atoms with Crippen LogP contribution in [-0.2, 0) is 16.6 Å². The summed E-state index contributed by atoms with van der Waals surface area (Å²) in [5.74, 6) is 0.416. The second-order valence-electron chi connectivity index (χ2n) is 6.31. The molecule has 0 aromatic heterocycles. The SMILES string of the molecule is COc1cc(C(=O)Nc2cccc(S(N)(=O)=O)c2)ccc1OCc1ccc(Cl)cc1. The van der Waals surface area contributed by atoms with Gasteiger partial charge < -0.3 is 14.8 Å². The minimum atomic E-state index is -3.87. The number of nitrogens with one attached hydrogen (secondary N) is 1. The van der Waals surface area contributed by atoms with Crippen LogP contribution >= 0.6 is 11.6 Å². The van der Waals surface area contributed by atoms with Crippen molar-refractivity contribution in [3.05, 3.63) is 82.9 Å². The summed E-state index contributed by atoms with van der Waals surface area (Å²) in [6.45, 7) is 0.305. The van der Waals surface area contributed by atoms with Crippen molar-refractivity contribution in [3.63, 3.8) is 0 Å². The van der Waals surface area contributed by atoms with E-state index in [4.69, 9.17) is 26.2 Å². The summed E-state index contributed by atoms with van der Waals surface area (Å²) in [6.07, 6.45) is 0. The molecule has 0 fully saturated rings. The van der Waals surface area contributed by atoms with E-state index in [1.54, 1.807) is 30.3 Å². The Morgan fingerprint density at radius 1 is 1.03 bits per heavy atom. The molecule has 3 N–H and O–H groups in total. The zero-order chi connectivity index (χ0) is 21.7. The van der Waals surface area contributed by atoms with Crippen molar-refractivity contribution in [2.24, 2.45) is 5.14 Å². The highest BCUT2D eigenvalue weighted by atomic mass is 35.5. The summed E-state index contributed by atoms with van der Waals surface area (Å²) in [5, 5.41) is 8.40. The van der Waals surface area contributed by atoms with Crippen LogP contribution in [0.1, 0.15) is 15.9 Å². The summed E-state index contributed by atoms with van der Waals surface area (Å²) in [5.41, 5.74) is 1.54. The number of primary sulfonamides is 1. The largest absolute Gasteiger partial charge is 0.493 e. The van der Waals surface area contributed by atoms with Crippen LogP contribution in [0.4, 0.5) is 5.69 Å². The zero-order valence-electron chi connectivity index (χ0n) is 16.0. The van der Waals surface area contributed by atoms with Gasteiger partial charge in [-0.05, 0) is 54.1 Å². The standard InChI is InChI=1S/C21H19ClN2O5S/c1-28-20-11-15(7-10-19(20)29-13-14-5-8-16(22)9-6-14)21(25)24-17-3-2-4-18(12-17)30(23,26)27/h2-12H,13H2,1H3,(H,24,25)(H2,23,26,27). The van der Waals surface area contributed by atoms with Crippen LogP contribution in [-0.4, -0.2) is 21.4 Å². The number of ether oxygens (including phenoxy) is 2. The lowest BCUT2D eigenvalue weighted by molar-refractivity contribution is 0.102. The summed E-state index contributed by atoms with van der Waals surface area (Å²) >= 11 is 5.88. The van der Waals surface area contributed by atoms with Crippen LogP contribution in [0.15, 0.2) is 71.6 Å². The Balaban J connectivity index is 1.73. The molecule has 0 bridgehead atoms. The highest BCUT2D eigenvalue weighted by Gasteiger charge is 2.13. The number of halogens is 1. The van der Waals surface area contributed by atoms with Crippen LogP contribution in [0.5, 0.6) is 11.5 Å². The van der Waals surface area contributed by atoms with Gasteiger partial charge in [0.05, 0.1) is 12.0 Å². The number of amides is 1. The van der Waals surface area contributed by atoms with Gasteiger partial charge in [0, 0.05) is 16.3 Å². The zero-order valence-corrected chi connectivity index (χ0v) is 17.5. The van der Waals surface area contributed by atoms with Crippen molar-refractivity contribution >= 4 is 33.2 Å². The van der Waals surface area contributed by atoms with E-state index >= 15 is 0 Å². The number of hydrogen-bond donors (Lipinski definition) is 2. The monoisotopic (exact) mass is 446 g/mol. The second kappa shape index (κ2) is 9.17. The molecule has 0 aliphatic heterocycles. The number of carbonyl (C=O) groups is 1. The Kier molecular flexibility index (Phi) is 6.61. The van der Waals surface area contributed by atoms with E-state index in [0.29, 0.717) is 34.4 Å². The molecule has 7 nitrogen and oxygen atoms in total.